The Bertz CT molecular complexity index is 1670. The summed E-state index contributed by atoms with van der Waals surface area (Å²) in [7, 11) is 1.88. The SMILES string of the molecule is Cn1cc(C=C2C=C(C(CC3C4(CCC5[C@]3(C)CC[C@@H](O)[C@@]5(C)CO)CO4)Nc3ccccn3)C(=O)O2)c2cnc(N)nc21. The average molecular weight is 601 g/mol. The predicted octanol–water partition coefficient (Wildman–Crippen LogP) is 3.60. The fourth-order valence-electron chi connectivity index (χ4n) is 8.63. The summed E-state index contributed by atoms with van der Waals surface area (Å²) in [5.41, 5.74) is 6.74. The minimum atomic E-state index is -0.597. The number of nitrogens with zero attached hydrogens (tertiary/aromatic N) is 4. The maximum absolute atomic E-state index is 13.6. The zero-order valence-electron chi connectivity index (χ0n) is 25.4. The molecule has 3 aromatic rings. The number of nitrogen functional groups attached to an aromatic ring is 1. The number of aryl methyl sites for hydroxylation is 1. The van der Waals surface area contributed by atoms with Crippen LogP contribution in [0.15, 0.2) is 54.2 Å². The van der Waals surface area contributed by atoms with Crippen LogP contribution >= 0.6 is 0 Å². The maximum atomic E-state index is 13.6. The Kier molecular flexibility index (Phi) is 6.83. The zero-order chi connectivity index (χ0) is 30.9. The molecule has 4 unspecified atom stereocenters. The van der Waals surface area contributed by atoms with E-state index in [0.717, 1.165) is 30.2 Å². The monoisotopic (exact) mass is 600 g/mol. The van der Waals surface area contributed by atoms with Crippen molar-refractivity contribution in [1.29, 1.82) is 0 Å². The fraction of sp³-hybridized carbons (Fsp3) is 0.515. The molecule has 5 N–H and O–H groups in total. The molecule has 7 atom stereocenters. The van der Waals surface area contributed by atoms with Crippen molar-refractivity contribution in [3.8, 4) is 0 Å². The number of anilines is 2. The first-order chi connectivity index (χ1) is 21.1. The average Bonchev–Trinajstić information content (AvgIpc) is 3.59. The Morgan fingerprint density at radius 2 is 2.07 bits per heavy atom. The first-order valence-electron chi connectivity index (χ1n) is 15.4. The summed E-state index contributed by atoms with van der Waals surface area (Å²) >= 11 is 0. The van der Waals surface area contributed by atoms with Crippen LogP contribution in [-0.4, -0.2) is 66.7 Å². The van der Waals surface area contributed by atoms with E-state index in [1.807, 2.05) is 55.1 Å². The Hall–Kier alpha value is -3.80. The summed E-state index contributed by atoms with van der Waals surface area (Å²) in [5, 5.41) is 25.9. The Morgan fingerprint density at radius 1 is 1.25 bits per heavy atom. The molecule has 0 radical (unpaired) electrons. The number of allylic oxidation sites excluding steroid dienone is 1. The number of carbonyl (C=O) groups is 1. The van der Waals surface area contributed by atoms with Gasteiger partial charge in [-0.2, -0.15) is 4.98 Å². The van der Waals surface area contributed by atoms with Gasteiger partial charge in [0.1, 0.15) is 17.2 Å². The Morgan fingerprint density at radius 3 is 2.80 bits per heavy atom. The quantitative estimate of drug-likeness (QED) is 0.233. The van der Waals surface area contributed by atoms with Crippen LogP contribution in [0.5, 0.6) is 0 Å². The molecule has 0 aromatic carbocycles. The number of hydrogen-bond acceptors (Lipinski definition) is 10. The molecule has 2 aliphatic heterocycles. The highest BCUT2D eigenvalue weighted by Gasteiger charge is 2.67. The lowest BCUT2D eigenvalue weighted by Crippen LogP contribution is -2.61. The van der Waals surface area contributed by atoms with E-state index in [0.29, 0.717) is 42.2 Å². The second kappa shape index (κ2) is 10.4. The largest absolute Gasteiger partial charge is 0.423 e. The summed E-state index contributed by atoms with van der Waals surface area (Å²) in [5.74, 6) is 1.07. The van der Waals surface area contributed by atoms with E-state index in [2.05, 4.69) is 27.2 Å². The topological polar surface area (TPSA) is 161 Å². The number of pyridine rings is 1. The number of nitrogens with one attached hydrogen (secondary N) is 1. The Balaban J connectivity index is 1.26. The number of aliphatic hydroxyl groups is 2. The maximum Gasteiger partial charge on any atom is 0.341 e. The van der Waals surface area contributed by atoms with Crippen molar-refractivity contribution in [3.63, 3.8) is 0 Å². The number of epoxide rings is 1. The van der Waals surface area contributed by atoms with Crippen LogP contribution in [-0.2, 0) is 21.3 Å². The van der Waals surface area contributed by atoms with Gasteiger partial charge in [-0.15, -0.1) is 0 Å². The van der Waals surface area contributed by atoms with Gasteiger partial charge in [0.2, 0.25) is 5.95 Å². The first-order valence-corrected chi connectivity index (χ1v) is 15.4. The highest BCUT2D eigenvalue weighted by Crippen LogP contribution is 2.66. The molecule has 3 fully saturated rings. The number of hydrogen-bond donors (Lipinski definition) is 4. The van der Waals surface area contributed by atoms with Gasteiger partial charge in [-0.1, -0.05) is 19.9 Å². The second-order valence-electron chi connectivity index (χ2n) is 13.6. The molecule has 2 aliphatic carbocycles. The number of cyclic esters (lactones) is 1. The number of ether oxygens (including phenoxy) is 2. The van der Waals surface area contributed by atoms with Gasteiger partial charge < -0.3 is 35.3 Å². The third kappa shape index (κ3) is 4.60. The van der Waals surface area contributed by atoms with E-state index < -0.39 is 23.5 Å². The molecule has 4 aliphatic rings. The van der Waals surface area contributed by atoms with E-state index in [1.165, 1.54) is 0 Å². The number of carbonyl (C=O) groups excluding carboxylic acids is 1. The number of nitrogens with two attached hydrogens (primary N) is 1. The van der Waals surface area contributed by atoms with Crippen molar-refractivity contribution in [2.75, 3.05) is 24.3 Å². The second-order valence-corrected chi connectivity index (χ2v) is 13.6. The standard InChI is InChI=1S/C33H40N6O5/c1-31-9-8-26(41)32(2,17-40)24(31)7-10-33(18-43-33)25(31)14-23(37-27-6-4-5-11-35-27)21-13-20(44-29(21)42)12-19-16-39(3)28-22(19)15-36-30(34)38-28/h4-6,11-13,15-16,23-26,40-41H,7-10,14,17-18H2,1-3H3,(H,35,37)(H2,34,36,38)/t23?,24?,25?,26-,31+,32+,33?/m1/s1. The number of aliphatic hydroxyl groups excluding tert-OH is 2. The van der Waals surface area contributed by atoms with Gasteiger partial charge in [0.25, 0.3) is 0 Å². The molecule has 3 aromatic heterocycles. The van der Waals surface area contributed by atoms with E-state index in [4.69, 9.17) is 15.2 Å². The molecule has 11 heteroatoms. The summed E-state index contributed by atoms with van der Waals surface area (Å²) in [6.45, 7) is 4.93. The zero-order valence-corrected chi connectivity index (χ0v) is 25.4. The molecular weight excluding hydrogens is 560 g/mol. The van der Waals surface area contributed by atoms with Gasteiger partial charge in [-0.05, 0) is 73.6 Å². The summed E-state index contributed by atoms with van der Waals surface area (Å²) in [6, 6.07) is 5.25. The number of aromatic nitrogens is 4. The predicted molar refractivity (Wildman–Crippen MR) is 165 cm³/mol. The summed E-state index contributed by atoms with van der Waals surface area (Å²) in [4.78, 5) is 26.5. The minimum absolute atomic E-state index is 0.0674. The molecular formula is C33H40N6O5. The van der Waals surface area contributed by atoms with Crippen LogP contribution in [0.3, 0.4) is 0 Å². The van der Waals surface area contributed by atoms with Crippen molar-refractivity contribution in [2.24, 2.45) is 29.7 Å². The lowest BCUT2D eigenvalue weighted by molar-refractivity contribution is -0.177. The van der Waals surface area contributed by atoms with Crippen LogP contribution in [0.2, 0.25) is 0 Å². The Labute approximate surface area is 256 Å². The highest BCUT2D eigenvalue weighted by molar-refractivity contribution is 5.96. The highest BCUT2D eigenvalue weighted by atomic mass is 16.6. The summed E-state index contributed by atoms with van der Waals surface area (Å²) in [6.07, 6.45) is 12.2. The third-order valence-electron chi connectivity index (χ3n) is 11.1. The van der Waals surface area contributed by atoms with Crippen LogP contribution in [0.4, 0.5) is 11.8 Å². The van der Waals surface area contributed by atoms with Gasteiger partial charge in [0, 0.05) is 42.0 Å². The normalized spacial score (nSPS) is 34.6. The van der Waals surface area contributed by atoms with Crippen LogP contribution in [0.1, 0.15) is 51.5 Å². The molecule has 11 nitrogen and oxygen atoms in total. The smallest absolute Gasteiger partial charge is 0.341 e. The molecule has 1 saturated heterocycles. The third-order valence-corrected chi connectivity index (χ3v) is 11.1. The first kappa shape index (κ1) is 28.9. The lowest BCUT2D eigenvalue weighted by Gasteiger charge is -2.61. The van der Waals surface area contributed by atoms with Crippen LogP contribution < -0.4 is 11.1 Å². The minimum Gasteiger partial charge on any atom is -0.423 e. The molecule has 2 saturated carbocycles. The van der Waals surface area contributed by atoms with Crippen molar-refractivity contribution in [2.45, 2.75) is 63.7 Å². The van der Waals surface area contributed by atoms with E-state index in [1.54, 1.807) is 12.4 Å². The van der Waals surface area contributed by atoms with Gasteiger partial charge >= 0.3 is 5.97 Å². The number of esters is 1. The van der Waals surface area contributed by atoms with Crippen LogP contribution in [0.25, 0.3) is 17.1 Å². The van der Waals surface area contributed by atoms with E-state index in [9.17, 15) is 15.0 Å². The van der Waals surface area contributed by atoms with Gasteiger partial charge in [0.05, 0.1) is 36.5 Å². The van der Waals surface area contributed by atoms with Crippen molar-refractivity contribution in [3.05, 3.63) is 59.8 Å². The van der Waals surface area contributed by atoms with Crippen molar-refractivity contribution >= 4 is 34.8 Å². The fourth-order valence-corrected chi connectivity index (χ4v) is 8.63. The molecule has 44 heavy (non-hydrogen) atoms. The van der Waals surface area contributed by atoms with E-state index >= 15 is 0 Å². The number of rotatable bonds is 7. The molecule has 1 spiro atoms. The molecule has 0 amide bonds. The summed E-state index contributed by atoms with van der Waals surface area (Å²) < 4.78 is 13.9. The van der Waals surface area contributed by atoms with Gasteiger partial charge in [0.15, 0.2) is 0 Å². The number of fused-ring (bicyclic) bond motifs is 2. The molecule has 5 heterocycles. The molecule has 0 bridgehead atoms. The van der Waals surface area contributed by atoms with Gasteiger partial charge in [-0.3, -0.25) is 0 Å². The van der Waals surface area contributed by atoms with E-state index in [-0.39, 0.29) is 35.4 Å². The van der Waals surface area contributed by atoms with Crippen molar-refractivity contribution < 1.29 is 24.5 Å². The molecule has 7 rings (SSSR count). The van der Waals surface area contributed by atoms with Crippen molar-refractivity contribution in [1.82, 2.24) is 19.5 Å². The van der Waals surface area contributed by atoms with Gasteiger partial charge in [-0.25, -0.2) is 14.8 Å². The molecule has 232 valence electrons. The lowest BCUT2D eigenvalue weighted by atomic mass is 9.44. The van der Waals surface area contributed by atoms with Crippen LogP contribution in [0, 0.1) is 22.7 Å².